The van der Waals surface area contributed by atoms with E-state index in [-0.39, 0.29) is 22.3 Å². The maximum absolute atomic E-state index is 9.75. The van der Waals surface area contributed by atoms with Gasteiger partial charge in [-0.25, -0.2) is 0 Å². The van der Waals surface area contributed by atoms with Crippen LogP contribution in [0.15, 0.2) is 60.7 Å². The van der Waals surface area contributed by atoms with Crippen molar-refractivity contribution in [2.45, 2.75) is 136 Å². The van der Waals surface area contributed by atoms with Crippen LogP contribution in [0.4, 0.5) is 17.3 Å². The summed E-state index contributed by atoms with van der Waals surface area (Å²) in [6.45, 7) is 21.2. The van der Waals surface area contributed by atoms with Gasteiger partial charge in [-0.2, -0.15) is 0 Å². The third-order valence-corrected chi connectivity index (χ3v) is 20.3. The van der Waals surface area contributed by atoms with Gasteiger partial charge in [-0.1, -0.05) is 135 Å². The van der Waals surface area contributed by atoms with Crippen LogP contribution >= 0.6 is 0 Å². The molecule has 0 radical (unpaired) electrons. The van der Waals surface area contributed by atoms with Gasteiger partial charge in [0.25, 0.3) is 14.0 Å². The van der Waals surface area contributed by atoms with Crippen LogP contribution in [0.5, 0.6) is 0 Å². The summed E-state index contributed by atoms with van der Waals surface area (Å²) in [7, 11) is -6.16. The number of rotatable bonds is 9. The highest BCUT2D eigenvalue weighted by Gasteiger charge is 2.86. The van der Waals surface area contributed by atoms with Crippen molar-refractivity contribution in [1.82, 2.24) is 0 Å². The zero-order chi connectivity index (χ0) is 38.0. The summed E-state index contributed by atoms with van der Waals surface area (Å²) in [5.41, 5.74) is 0.629. The first-order chi connectivity index (χ1) is 24.2. The lowest BCUT2D eigenvalue weighted by Crippen LogP contribution is -2.69. The quantitative estimate of drug-likeness (QED) is 0.110. The molecule has 7 rings (SSSR count). The molecule has 1 spiro atoms. The molecule has 0 aromatic heterocycles. The van der Waals surface area contributed by atoms with Gasteiger partial charge in [-0.15, -0.1) is 9.48 Å². The minimum Gasteiger partial charge on any atom is -0.418 e. The van der Waals surface area contributed by atoms with Crippen LogP contribution in [0.1, 0.15) is 120 Å². The molecule has 0 bridgehead atoms. The van der Waals surface area contributed by atoms with Crippen LogP contribution in [0.2, 0.25) is 5.04 Å². The Kier molecular flexibility index (Phi) is 10.9. The molecule has 2 aliphatic heterocycles. The van der Waals surface area contributed by atoms with Gasteiger partial charge in [-0.05, 0) is 88.9 Å². The number of hydrogen-bond acceptors (Lipinski definition) is 2. The van der Waals surface area contributed by atoms with E-state index in [1.54, 1.807) is 0 Å². The predicted molar refractivity (Wildman–Crippen MR) is 208 cm³/mol. The Morgan fingerprint density at radius 1 is 0.846 bits per heavy atom. The molecule has 0 amide bonds. The topological polar surface area (TPSA) is 21.8 Å². The second-order valence-electron chi connectivity index (χ2n) is 19.6. The van der Waals surface area contributed by atoms with Crippen molar-refractivity contribution in [3.05, 3.63) is 60.7 Å². The van der Waals surface area contributed by atoms with Gasteiger partial charge in [0.1, 0.15) is 13.6 Å². The maximum atomic E-state index is 9.75. The van der Waals surface area contributed by atoms with Crippen molar-refractivity contribution in [3.8, 4) is 0 Å². The van der Waals surface area contributed by atoms with Gasteiger partial charge < -0.3 is 21.7 Å². The largest absolute Gasteiger partial charge is 0.673 e. The summed E-state index contributed by atoms with van der Waals surface area (Å²) < 4.78 is 47.6. The van der Waals surface area contributed by atoms with E-state index in [2.05, 4.69) is 123 Å². The van der Waals surface area contributed by atoms with Crippen molar-refractivity contribution in [2.75, 3.05) is 13.6 Å². The van der Waals surface area contributed by atoms with Gasteiger partial charge in [-0.3, -0.25) is 0 Å². The Morgan fingerprint density at radius 2 is 1.42 bits per heavy atom. The highest BCUT2D eigenvalue weighted by molar-refractivity contribution is 6.99. The van der Waals surface area contributed by atoms with E-state index in [1.165, 1.54) is 68.3 Å². The Bertz CT molecular complexity index is 1480. The van der Waals surface area contributed by atoms with Crippen molar-refractivity contribution >= 4 is 25.9 Å². The number of piperidine rings is 1. The van der Waals surface area contributed by atoms with Gasteiger partial charge in [0.15, 0.2) is 0 Å². The fourth-order valence-corrected chi connectivity index (χ4v) is 17.7. The summed E-state index contributed by atoms with van der Waals surface area (Å²) in [6.07, 6.45) is 13.5. The lowest BCUT2D eigenvalue weighted by atomic mass is 9.47. The molecule has 0 unspecified atom stereocenters. The summed E-state index contributed by atoms with van der Waals surface area (Å²) in [6, 6.07) is 22.5. The molecule has 2 saturated heterocycles. The second-order valence-corrected chi connectivity index (χ2v) is 23.9. The highest BCUT2D eigenvalue weighted by atomic mass is 28.4. The molecule has 290 valence electrons. The maximum Gasteiger partial charge on any atom is 0.673 e. The van der Waals surface area contributed by atoms with Crippen LogP contribution < -0.4 is 10.4 Å². The minimum atomic E-state index is -6.00. The zero-order valence-electron chi connectivity index (χ0n) is 33.4. The molecule has 5 aliphatic rings. The summed E-state index contributed by atoms with van der Waals surface area (Å²) in [5, 5.41) is 2.78. The zero-order valence-corrected chi connectivity index (χ0v) is 34.4. The predicted octanol–water partition coefficient (Wildman–Crippen LogP) is 11.0. The van der Waals surface area contributed by atoms with Crippen LogP contribution in [0.3, 0.4) is 0 Å². The second kappa shape index (κ2) is 14.1. The first-order valence-electron chi connectivity index (χ1n) is 20.4. The lowest BCUT2D eigenvalue weighted by molar-refractivity contribution is -0.924. The monoisotopic (exact) mass is 743 g/mol. The molecule has 3 saturated carbocycles. The van der Waals surface area contributed by atoms with Gasteiger partial charge in [0.2, 0.25) is 0 Å². The Hall–Kier alpha value is -1.68. The number of fused-ring (bicyclic) bond motifs is 4. The fraction of sp³-hybridized carbons (Fsp3) is 0.721. The summed E-state index contributed by atoms with van der Waals surface area (Å²) >= 11 is 0. The van der Waals surface area contributed by atoms with E-state index in [1.807, 2.05) is 0 Å². The van der Waals surface area contributed by atoms with E-state index in [0.29, 0.717) is 5.41 Å². The molecule has 9 heteroatoms. The summed E-state index contributed by atoms with van der Waals surface area (Å²) in [4.78, 5) is 7.20. The van der Waals surface area contributed by atoms with E-state index in [0.717, 1.165) is 53.0 Å². The minimum absolute atomic E-state index is 0.00683. The van der Waals surface area contributed by atoms with Crippen LogP contribution in [0.25, 0.3) is 0 Å². The Labute approximate surface area is 313 Å². The van der Waals surface area contributed by atoms with Crippen LogP contribution in [-0.4, -0.2) is 45.6 Å². The number of halogens is 4. The number of hydroxylamine groups is 3. The first-order valence-corrected chi connectivity index (χ1v) is 22.3. The lowest BCUT2D eigenvalue weighted by Gasteiger charge is -2.58. The van der Waals surface area contributed by atoms with Gasteiger partial charge in [0, 0.05) is 5.92 Å². The fourth-order valence-electron chi connectivity index (χ4n) is 12.9. The average Bonchev–Trinajstić information content (AvgIpc) is 3.49. The third kappa shape index (κ3) is 6.89. The molecular formula is C43H66BF4NO2Si. The van der Waals surface area contributed by atoms with Crippen LogP contribution in [-0.2, 0) is 9.26 Å². The summed E-state index contributed by atoms with van der Waals surface area (Å²) in [5.74, 6) is 5.01. The van der Waals surface area contributed by atoms with Gasteiger partial charge >= 0.3 is 7.25 Å². The average molecular weight is 744 g/mol. The highest BCUT2D eigenvalue weighted by Crippen LogP contribution is 2.75. The van der Waals surface area contributed by atoms with Crippen molar-refractivity contribution in [2.24, 2.45) is 46.3 Å². The number of hydrogen-bond donors (Lipinski definition) is 0. The SMILES string of the molecule is CC(C)CCC[C@@H](C)[C@H]1CC[C@H]2[C@@H]3C[N@@+]4(C)O[C@]45C[C@@H](O[Si](c4ccccc4)(c4ccccc4)C(C)(C)C)CC[C@]5(C)[C@H]3CC[C@]12C.F[B-](F)(F)F. The molecule has 2 aromatic carbocycles. The molecule has 3 aliphatic carbocycles. The molecule has 0 N–H and O–H groups in total. The van der Waals surface area contributed by atoms with Gasteiger partial charge in [0.05, 0.1) is 17.9 Å². The Balaban J connectivity index is 0.000000870. The van der Waals surface area contributed by atoms with Crippen LogP contribution in [0, 0.1) is 46.3 Å². The molecule has 2 heterocycles. The van der Waals surface area contributed by atoms with E-state index >= 15 is 0 Å². The third-order valence-electron chi connectivity index (χ3n) is 15.2. The number of quaternary nitrogens is 1. The number of nitrogens with zero attached hydrogens (tertiary/aromatic N) is 1. The molecule has 52 heavy (non-hydrogen) atoms. The van der Waals surface area contributed by atoms with Crippen molar-refractivity contribution < 1.29 is 31.2 Å². The van der Waals surface area contributed by atoms with E-state index in [4.69, 9.17) is 9.26 Å². The van der Waals surface area contributed by atoms with E-state index in [9.17, 15) is 17.3 Å². The molecule has 5 fully saturated rings. The van der Waals surface area contributed by atoms with Crippen molar-refractivity contribution in [3.63, 3.8) is 0 Å². The molecular weight excluding hydrogens is 677 g/mol. The standard InChI is InChI=1S/C43H66NO2Si.BF4/c1-31(2)17-16-18-32(3)37-23-24-38-36-30-44(9)43(46-44)29-33(25-28-42(43,8)39(36)26-27-41(37,38)7)45-47(40(4,5)6,34-19-12-10-13-20-34)35-21-14-11-15-22-35;2-1(3,4)5/h10-15,19-22,31-33,36-39H,16-18,23-30H2,1-9H3;/q+1;-1/t32-,33+,36+,37-,38+,39+,41-,42-,43+,44-;/m1./s1. The van der Waals surface area contributed by atoms with Crippen molar-refractivity contribution in [1.29, 1.82) is 0 Å². The van der Waals surface area contributed by atoms with E-state index < -0.39 is 15.6 Å². The Morgan fingerprint density at radius 3 is 1.96 bits per heavy atom. The first kappa shape index (κ1) is 40.0. The normalized spacial score (nSPS) is 37.5. The number of benzene rings is 2. The molecule has 2 aromatic rings. The smallest absolute Gasteiger partial charge is 0.418 e. The molecule has 10 atom stereocenters. The molecule has 3 nitrogen and oxygen atoms in total.